The fourth-order valence-electron chi connectivity index (χ4n) is 2.42. The summed E-state index contributed by atoms with van der Waals surface area (Å²) in [6, 6.07) is 8.75. The Bertz CT molecular complexity index is 971. The van der Waals surface area contributed by atoms with Crippen molar-refractivity contribution in [3.05, 3.63) is 77.1 Å². The zero-order chi connectivity index (χ0) is 20.9. The molecule has 3 aromatic rings. The van der Waals surface area contributed by atoms with Crippen LogP contribution in [0.2, 0.25) is 0 Å². The number of amides is 1. The molecular weight excluding hydrogens is 394 g/mol. The Morgan fingerprint density at radius 1 is 1.21 bits per heavy atom. The zero-order valence-electron chi connectivity index (χ0n) is 14.9. The van der Waals surface area contributed by atoms with Crippen LogP contribution in [0.5, 0.6) is 5.88 Å². The van der Waals surface area contributed by atoms with Crippen molar-refractivity contribution in [3.8, 4) is 5.88 Å². The van der Waals surface area contributed by atoms with Crippen LogP contribution in [0.15, 0.2) is 53.4 Å². The van der Waals surface area contributed by atoms with Crippen LogP contribution in [0.3, 0.4) is 0 Å². The third kappa shape index (κ3) is 6.03. The second-order valence-corrected chi connectivity index (χ2v) is 6.06. The summed E-state index contributed by atoms with van der Waals surface area (Å²) in [4.78, 5) is 15.6. The Labute approximate surface area is 162 Å². The number of nitrogens with one attached hydrogen (secondary N) is 1. The maximum atomic E-state index is 13.3. The number of carbonyl (C=O) groups excluding carboxylic acids is 1. The third-order valence-electron chi connectivity index (χ3n) is 3.81. The van der Waals surface area contributed by atoms with E-state index in [1.165, 1.54) is 30.5 Å². The molecule has 0 saturated heterocycles. The number of hydrogen-bond acceptors (Lipinski definition) is 5. The maximum absolute atomic E-state index is 13.3. The quantitative estimate of drug-likeness (QED) is 0.603. The number of halogens is 4. The van der Waals surface area contributed by atoms with Crippen LogP contribution in [0, 0.1) is 5.82 Å². The van der Waals surface area contributed by atoms with Gasteiger partial charge in [0.05, 0.1) is 16.8 Å². The Kier molecular flexibility index (Phi) is 6.10. The molecule has 0 atom stereocenters. The average molecular weight is 409 g/mol. The predicted octanol–water partition coefficient (Wildman–Crippen LogP) is 3.67. The van der Waals surface area contributed by atoms with Crippen LogP contribution >= 0.6 is 0 Å². The smallest absolute Gasteiger partial charge is 0.405 e. The summed E-state index contributed by atoms with van der Waals surface area (Å²) in [6.07, 6.45) is -1.64. The molecule has 0 spiro atoms. The lowest BCUT2D eigenvalue weighted by Crippen LogP contribution is -2.33. The molecule has 0 aliphatic rings. The van der Waals surface area contributed by atoms with Gasteiger partial charge in [-0.25, -0.2) is 9.37 Å². The van der Waals surface area contributed by atoms with Crippen LogP contribution in [0.4, 0.5) is 17.6 Å². The molecule has 0 aliphatic carbocycles. The minimum absolute atomic E-state index is 0.0293. The molecule has 29 heavy (non-hydrogen) atoms. The lowest BCUT2D eigenvalue weighted by Gasteiger charge is -2.09. The van der Waals surface area contributed by atoms with Crippen molar-refractivity contribution in [3.63, 3.8) is 0 Å². The standard InChI is InChI=1S/C19H15F4N3O3/c20-15-3-1-2-12(6-15)7-16-14(10-29-26-16)9-28-17-5-4-13(8-24-17)18(27)25-11-19(21,22)23/h1-6,8,10H,7,9,11H2,(H,25,27). The van der Waals surface area contributed by atoms with Gasteiger partial charge in [0, 0.05) is 18.7 Å². The highest BCUT2D eigenvalue weighted by Gasteiger charge is 2.27. The highest BCUT2D eigenvalue weighted by atomic mass is 19.4. The van der Waals surface area contributed by atoms with E-state index in [4.69, 9.17) is 9.26 Å². The van der Waals surface area contributed by atoms with Gasteiger partial charge in [0.2, 0.25) is 5.88 Å². The first-order chi connectivity index (χ1) is 13.8. The second-order valence-electron chi connectivity index (χ2n) is 6.06. The van der Waals surface area contributed by atoms with E-state index in [0.717, 1.165) is 6.20 Å². The van der Waals surface area contributed by atoms with Crippen LogP contribution in [-0.2, 0) is 13.0 Å². The molecule has 0 aliphatic heterocycles. The van der Waals surface area contributed by atoms with Crippen molar-refractivity contribution in [1.29, 1.82) is 0 Å². The first-order valence-corrected chi connectivity index (χ1v) is 8.40. The number of aromatic nitrogens is 2. The largest absolute Gasteiger partial charge is 0.473 e. The summed E-state index contributed by atoms with van der Waals surface area (Å²) in [5.41, 5.74) is 1.88. The van der Waals surface area contributed by atoms with Gasteiger partial charge in [-0.3, -0.25) is 4.79 Å². The zero-order valence-corrected chi connectivity index (χ0v) is 14.9. The molecule has 152 valence electrons. The van der Waals surface area contributed by atoms with Crippen LogP contribution in [0.1, 0.15) is 27.2 Å². The van der Waals surface area contributed by atoms with E-state index in [1.54, 1.807) is 17.4 Å². The SMILES string of the molecule is O=C(NCC(F)(F)F)c1ccc(OCc2conc2Cc2cccc(F)c2)nc1. The molecule has 2 aromatic heterocycles. The molecule has 6 nitrogen and oxygen atoms in total. The molecule has 1 N–H and O–H groups in total. The molecule has 1 amide bonds. The van der Waals surface area contributed by atoms with E-state index in [9.17, 15) is 22.4 Å². The molecular formula is C19H15F4N3O3. The minimum atomic E-state index is -4.49. The Balaban J connectivity index is 1.57. The number of ether oxygens (including phenoxy) is 1. The van der Waals surface area contributed by atoms with Crippen LogP contribution in [0.25, 0.3) is 0 Å². The Morgan fingerprint density at radius 3 is 2.72 bits per heavy atom. The monoisotopic (exact) mass is 409 g/mol. The van der Waals surface area contributed by atoms with E-state index in [-0.39, 0.29) is 23.9 Å². The van der Waals surface area contributed by atoms with E-state index in [2.05, 4.69) is 10.1 Å². The van der Waals surface area contributed by atoms with Gasteiger partial charge in [0.15, 0.2) is 0 Å². The van der Waals surface area contributed by atoms with E-state index >= 15 is 0 Å². The first-order valence-electron chi connectivity index (χ1n) is 8.40. The maximum Gasteiger partial charge on any atom is 0.405 e. The summed E-state index contributed by atoms with van der Waals surface area (Å²) in [5.74, 6) is -1.08. The Hall–Kier alpha value is -3.43. The van der Waals surface area contributed by atoms with Crippen molar-refractivity contribution in [2.75, 3.05) is 6.54 Å². The summed E-state index contributed by atoms with van der Waals surface area (Å²) in [5, 5.41) is 5.64. The molecule has 0 radical (unpaired) electrons. The highest BCUT2D eigenvalue weighted by Crippen LogP contribution is 2.17. The minimum Gasteiger partial charge on any atom is -0.473 e. The number of benzene rings is 1. The fraction of sp³-hybridized carbons (Fsp3) is 0.211. The molecule has 2 heterocycles. The van der Waals surface area contributed by atoms with Crippen molar-refractivity contribution in [2.24, 2.45) is 0 Å². The lowest BCUT2D eigenvalue weighted by molar-refractivity contribution is -0.123. The Morgan fingerprint density at radius 2 is 2.03 bits per heavy atom. The van der Waals surface area contributed by atoms with E-state index in [1.807, 2.05) is 0 Å². The number of alkyl halides is 3. The van der Waals surface area contributed by atoms with Gasteiger partial charge in [-0.05, 0) is 23.8 Å². The van der Waals surface area contributed by atoms with Crippen molar-refractivity contribution in [1.82, 2.24) is 15.5 Å². The van der Waals surface area contributed by atoms with Crippen LogP contribution < -0.4 is 10.1 Å². The normalized spacial score (nSPS) is 11.3. The molecule has 1 aromatic carbocycles. The van der Waals surface area contributed by atoms with Crippen LogP contribution in [-0.4, -0.2) is 28.8 Å². The molecule has 0 saturated carbocycles. The van der Waals surface area contributed by atoms with E-state index in [0.29, 0.717) is 23.2 Å². The first kappa shape index (κ1) is 20.3. The number of carbonyl (C=O) groups is 1. The average Bonchev–Trinajstić information content (AvgIpc) is 3.11. The third-order valence-corrected chi connectivity index (χ3v) is 3.81. The topological polar surface area (TPSA) is 77.2 Å². The number of rotatable bonds is 7. The van der Waals surface area contributed by atoms with Crippen molar-refractivity contribution in [2.45, 2.75) is 19.2 Å². The van der Waals surface area contributed by atoms with Gasteiger partial charge in [-0.1, -0.05) is 17.3 Å². The van der Waals surface area contributed by atoms with Gasteiger partial charge in [-0.2, -0.15) is 13.2 Å². The van der Waals surface area contributed by atoms with Gasteiger partial charge >= 0.3 is 6.18 Å². The van der Waals surface area contributed by atoms with Crippen molar-refractivity contribution < 1.29 is 31.6 Å². The fourth-order valence-corrected chi connectivity index (χ4v) is 2.42. The summed E-state index contributed by atoms with van der Waals surface area (Å²) >= 11 is 0. The molecule has 3 rings (SSSR count). The number of nitrogens with zero attached hydrogens (tertiary/aromatic N) is 2. The van der Waals surface area contributed by atoms with Gasteiger partial charge < -0.3 is 14.6 Å². The number of hydrogen-bond donors (Lipinski definition) is 1. The second kappa shape index (κ2) is 8.72. The van der Waals surface area contributed by atoms with Gasteiger partial charge in [0.1, 0.15) is 25.2 Å². The lowest BCUT2D eigenvalue weighted by atomic mass is 10.1. The molecule has 10 heteroatoms. The number of pyridine rings is 1. The molecule has 0 unspecified atom stereocenters. The summed E-state index contributed by atoms with van der Waals surface area (Å²) < 4.78 is 60.2. The van der Waals surface area contributed by atoms with Crippen molar-refractivity contribution >= 4 is 5.91 Å². The molecule has 0 fully saturated rings. The van der Waals surface area contributed by atoms with E-state index < -0.39 is 18.6 Å². The highest BCUT2D eigenvalue weighted by molar-refractivity contribution is 5.93. The molecule has 0 bridgehead atoms. The predicted molar refractivity (Wildman–Crippen MR) is 92.7 cm³/mol. The summed E-state index contributed by atoms with van der Waals surface area (Å²) in [6.45, 7) is -1.37. The summed E-state index contributed by atoms with van der Waals surface area (Å²) in [7, 11) is 0. The van der Waals surface area contributed by atoms with Gasteiger partial charge in [-0.15, -0.1) is 0 Å². The van der Waals surface area contributed by atoms with Gasteiger partial charge in [0.25, 0.3) is 5.91 Å².